The highest BCUT2D eigenvalue weighted by Gasteiger charge is 2.32. The molecule has 0 saturated heterocycles. The Hall–Kier alpha value is -3.01. The molecule has 1 unspecified atom stereocenters. The summed E-state index contributed by atoms with van der Waals surface area (Å²) < 4.78 is 18.5. The normalized spacial score (nSPS) is 15.8. The van der Waals surface area contributed by atoms with Crippen LogP contribution in [0.15, 0.2) is 45.3 Å². The van der Waals surface area contributed by atoms with Crippen molar-refractivity contribution in [3.63, 3.8) is 0 Å². The third kappa shape index (κ3) is 3.00. The van der Waals surface area contributed by atoms with Gasteiger partial charge in [0.15, 0.2) is 0 Å². The predicted molar refractivity (Wildman–Crippen MR) is 123 cm³/mol. The highest BCUT2D eigenvalue weighted by molar-refractivity contribution is 7.11. The van der Waals surface area contributed by atoms with Crippen LogP contribution in [-0.4, -0.2) is 30.4 Å². The van der Waals surface area contributed by atoms with Gasteiger partial charge in [0.2, 0.25) is 0 Å². The molecule has 0 spiro atoms. The summed E-state index contributed by atoms with van der Waals surface area (Å²) in [5.41, 5.74) is 1.79. The standard InChI is InChI=1S/C22H18ClFN4O3S/c1-26-19-16(21(30)27(2)22(26)31)17(12-4-3-5-13(24)7-12)28-8-11(9-29)6-14(18(19)28)20-25-15(23)10-32-20/h3-7,10-11,29H,8-9H2,1-2H3. The fourth-order valence-electron chi connectivity index (χ4n) is 4.36. The number of halogens is 2. The molecule has 0 aliphatic carbocycles. The first-order chi connectivity index (χ1) is 15.3. The number of hydrogen-bond donors (Lipinski definition) is 1. The molecule has 1 aliphatic rings. The second-order valence-electron chi connectivity index (χ2n) is 7.75. The van der Waals surface area contributed by atoms with Crippen molar-refractivity contribution >= 4 is 39.4 Å². The highest BCUT2D eigenvalue weighted by atomic mass is 35.5. The number of rotatable bonds is 3. The molecule has 0 bridgehead atoms. The van der Waals surface area contributed by atoms with Gasteiger partial charge in [-0.1, -0.05) is 29.8 Å². The first-order valence-corrected chi connectivity index (χ1v) is 11.1. The Morgan fingerprint density at radius 2 is 2.03 bits per heavy atom. The SMILES string of the molecule is Cn1c(=O)c2c(-c3cccc(F)c3)n3c(c2n(C)c1=O)C(c1nc(Cl)cs1)=CC(CO)C3. The zero-order valence-corrected chi connectivity index (χ0v) is 18.7. The van der Waals surface area contributed by atoms with Gasteiger partial charge in [-0.15, -0.1) is 11.3 Å². The summed E-state index contributed by atoms with van der Waals surface area (Å²) in [5.74, 6) is -0.708. The fraction of sp³-hybridized carbons (Fsp3) is 0.227. The van der Waals surface area contributed by atoms with Crippen LogP contribution in [0.5, 0.6) is 0 Å². The van der Waals surface area contributed by atoms with Crippen LogP contribution >= 0.6 is 22.9 Å². The van der Waals surface area contributed by atoms with Crippen LogP contribution in [0.25, 0.3) is 27.7 Å². The van der Waals surface area contributed by atoms with Gasteiger partial charge in [0.25, 0.3) is 5.56 Å². The molecular formula is C22H18ClFN4O3S. The molecular weight excluding hydrogens is 455 g/mol. The number of aliphatic hydroxyl groups excluding tert-OH is 1. The maximum atomic E-state index is 14.2. The lowest BCUT2D eigenvalue weighted by molar-refractivity contribution is 0.238. The van der Waals surface area contributed by atoms with E-state index < -0.39 is 17.1 Å². The molecule has 1 N–H and O–H groups in total. The predicted octanol–water partition coefficient (Wildman–Crippen LogP) is 3.01. The molecule has 7 nitrogen and oxygen atoms in total. The lowest BCUT2D eigenvalue weighted by Gasteiger charge is -2.24. The topological polar surface area (TPSA) is 82.0 Å². The van der Waals surface area contributed by atoms with E-state index in [-0.39, 0.29) is 12.5 Å². The summed E-state index contributed by atoms with van der Waals surface area (Å²) in [4.78, 5) is 30.5. The first kappa shape index (κ1) is 20.9. The summed E-state index contributed by atoms with van der Waals surface area (Å²) >= 11 is 7.41. The lowest BCUT2D eigenvalue weighted by atomic mass is 9.99. The van der Waals surface area contributed by atoms with Crippen LogP contribution < -0.4 is 11.2 Å². The Morgan fingerprint density at radius 1 is 1.25 bits per heavy atom. The van der Waals surface area contributed by atoms with E-state index in [1.165, 1.54) is 35.1 Å². The van der Waals surface area contributed by atoms with Crippen LogP contribution in [0, 0.1) is 11.7 Å². The van der Waals surface area contributed by atoms with E-state index in [2.05, 4.69) is 4.98 Å². The maximum absolute atomic E-state index is 14.2. The summed E-state index contributed by atoms with van der Waals surface area (Å²) in [6, 6.07) is 5.99. The zero-order valence-electron chi connectivity index (χ0n) is 17.2. The first-order valence-electron chi connectivity index (χ1n) is 9.84. The van der Waals surface area contributed by atoms with Gasteiger partial charge in [0.1, 0.15) is 16.0 Å². The number of fused-ring (bicyclic) bond motifs is 3. The van der Waals surface area contributed by atoms with Gasteiger partial charge in [0, 0.05) is 43.1 Å². The van der Waals surface area contributed by atoms with Gasteiger partial charge in [-0.3, -0.25) is 13.9 Å². The average Bonchev–Trinajstić information content (AvgIpc) is 3.37. The number of benzene rings is 1. The number of aromatic nitrogens is 4. The van der Waals surface area contributed by atoms with Crippen molar-refractivity contribution in [1.82, 2.24) is 18.7 Å². The third-order valence-electron chi connectivity index (χ3n) is 5.78. The van der Waals surface area contributed by atoms with Crippen molar-refractivity contribution in [1.29, 1.82) is 0 Å². The molecule has 3 aromatic heterocycles. The lowest BCUT2D eigenvalue weighted by Crippen LogP contribution is -2.36. The molecule has 4 heterocycles. The number of aryl methyl sites for hydroxylation is 1. The van der Waals surface area contributed by atoms with Gasteiger partial charge in [-0.05, 0) is 12.1 Å². The second-order valence-corrected chi connectivity index (χ2v) is 8.99. The number of hydrogen-bond acceptors (Lipinski definition) is 5. The third-order valence-corrected chi connectivity index (χ3v) is 6.98. The van der Waals surface area contributed by atoms with E-state index in [4.69, 9.17) is 11.6 Å². The molecule has 1 atom stereocenters. The Morgan fingerprint density at radius 3 is 2.69 bits per heavy atom. The molecule has 1 aromatic carbocycles. The Kier molecular flexibility index (Phi) is 4.92. The molecule has 1 aliphatic heterocycles. The quantitative estimate of drug-likeness (QED) is 0.497. The zero-order chi connectivity index (χ0) is 22.7. The molecule has 10 heteroatoms. The summed E-state index contributed by atoms with van der Waals surface area (Å²) in [5, 5.41) is 12.9. The molecule has 164 valence electrons. The van der Waals surface area contributed by atoms with Crippen molar-refractivity contribution < 1.29 is 9.50 Å². The van der Waals surface area contributed by atoms with Crippen molar-refractivity contribution in [2.24, 2.45) is 20.0 Å². The molecule has 5 rings (SSSR count). The maximum Gasteiger partial charge on any atom is 0.331 e. The van der Waals surface area contributed by atoms with Gasteiger partial charge in [-0.2, -0.15) is 0 Å². The van der Waals surface area contributed by atoms with Crippen LogP contribution in [0.3, 0.4) is 0 Å². The number of aliphatic hydroxyl groups is 1. The van der Waals surface area contributed by atoms with Crippen molar-refractivity contribution in [3.05, 3.63) is 78.2 Å². The van der Waals surface area contributed by atoms with Crippen LogP contribution in [0.1, 0.15) is 10.7 Å². The van der Waals surface area contributed by atoms with E-state index in [0.29, 0.717) is 50.1 Å². The molecule has 0 radical (unpaired) electrons. The Labute approximate surface area is 190 Å². The van der Waals surface area contributed by atoms with E-state index in [1.54, 1.807) is 24.6 Å². The Bertz CT molecular complexity index is 1550. The fourth-order valence-corrected chi connectivity index (χ4v) is 5.34. The number of thiazole rings is 1. The molecule has 0 amide bonds. The summed E-state index contributed by atoms with van der Waals surface area (Å²) in [6.45, 7) is 0.225. The second kappa shape index (κ2) is 7.54. The highest BCUT2D eigenvalue weighted by Crippen LogP contribution is 2.42. The van der Waals surface area contributed by atoms with Crippen LogP contribution in [0.4, 0.5) is 4.39 Å². The number of nitrogens with zero attached hydrogens (tertiary/aromatic N) is 4. The molecule has 4 aromatic rings. The smallest absolute Gasteiger partial charge is 0.331 e. The minimum Gasteiger partial charge on any atom is -0.396 e. The van der Waals surface area contributed by atoms with E-state index >= 15 is 0 Å². The van der Waals surface area contributed by atoms with Crippen molar-refractivity contribution in [2.45, 2.75) is 6.54 Å². The van der Waals surface area contributed by atoms with E-state index in [0.717, 1.165) is 4.57 Å². The van der Waals surface area contributed by atoms with E-state index in [9.17, 15) is 19.1 Å². The van der Waals surface area contributed by atoms with Gasteiger partial charge < -0.3 is 9.67 Å². The van der Waals surface area contributed by atoms with Crippen molar-refractivity contribution in [3.8, 4) is 11.3 Å². The van der Waals surface area contributed by atoms with E-state index in [1.807, 2.05) is 10.6 Å². The average molecular weight is 473 g/mol. The minimum absolute atomic E-state index is 0.129. The molecule has 0 fully saturated rings. The van der Waals surface area contributed by atoms with Gasteiger partial charge in [0.05, 0.1) is 28.9 Å². The Balaban J connectivity index is 2.00. The van der Waals surface area contributed by atoms with Crippen molar-refractivity contribution in [2.75, 3.05) is 6.61 Å². The monoisotopic (exact) mass is 472 g/mol. The van der Waals surface area contributed by atoms with Crippen LogP contribution in [-0.2, 0) is 20.6 Å². The summed E-state index contributed by atoms with van der Waals surface area (Å²) in [7, 11) is 3.02. The van der Waals surface area contributed by atoms with Crippen LogP contribution in [0.2, 0.25) is 5.15 Å². The molecule has 32 heavy (non-hydrogen) atoms. The summed E-state index contributed by atoms with van der Waals surface area (Å²) in [6.07, 6.45) is 1.89. The van der Waals surface area contributed by atoms with Gasteiger partial charge >= 0.3 is 5.69 Å². The largest absolute Gasteiger partial charge is 0.396 e. The molecule has 0 saturated carbocycles. The van der Waals surface area contributed by atoms with Gasteiger partial charge in [-0.25, -0.2) is 14.2 Å². The minimum atomic E-state index is -0.471.